The maximum absolute atomic E-state index is 12.3. The number of nitrogens with one attached hydrogen (secondary N) is 2. The van der Waals surface area contributed by atoms with Gasteiger partial charge in [0.25, 0.3) is 0 Å². The molecule has 5 nitrogen and oxygen atoms in total. The van der Waals surface area contributed by atoms with Crippen LogP contribution < -0.4 is 15.4 Å². The summed E-state index contributed by atoms with van der Waals surface area (Å²) in [5, 5.41) is 5.71. The molecule has 2 N–H and O–H groups in total. The quantitative estimate of drug-likeness (QED) is 0.796. The summed E-state index contributed by atoms with van der Waals surface area (Å²) in [4.78, 5) is 24.4. The minimum Gasteiger partial charge on any atom is -0.491 e. The Bertz CT molecular complexity index is 731. The van der Waals surface area contributed by atoms with Crippen molar-refractivity contribution in [2.75, 3.05) is 18.5 Å². The zero-order valence-electron chi connectivity index (χ0n) is 14.0. The molecule has 0 bridgehead atoms. The summed E-state index contributed by atoms with van der Waals surface area (Å²) in [6, 6.07) is 17.4. The minimum atomic E-state index is -0.485. The average molecular weight is 338 g/mol. The number of ether oxygens (including phenoxy) is 1. The van der Waals surface area contributed by atoms with E-state index < -0.39 is 5.92 Å². The first-order valence-electron chi connectivity index (χ1n) is 8.55. The van der Waals surface area contributed by atoms with Crippen molar-refractivity contribution >= 4 is 17.5 Å². The lowest BCUT2D eigenvalue weighted by molar-refractivity contribution is -0.128. The standard InChI is InChI=1S/C20H22N2O3/c23-19(21-12-6-9-15-7-2-1-3-8-15)13-16-14-25-18-11-5-4-10-17(18)22-20(16)24/h1-5,7-8,10-11,16H,6,9,12-14H2,(H,21,23)(H,22,24)/t16-/m0/s1. The van der Waals surface area contributed by atoms with Gasteiger partial charge >= 0.3 is 0 Å². The Morgan fingerprint density at radius 3 is 2.72 bits per heavy atom. The molecule has 5 heteroatoms. The number of para-hydroxylation sites is 2. The van der Waals surface area contributed by atoms with E-state index in [2.05, 4.69) is 22.8 Å². The van der Waals surface area contributed by atoms with Crippen LogP contribution in [0.15, 0.2) is 54.6 Å². The molecule has 0 aliphatic carbocycles. The Kier molecular flexibility index (Phi) is 5.67. The number of benzene rings is 2. The number of carbonyl (C=O) groups excluding carboxylic acids is 2. The van der Waals surface area contributed by atoms with Gasteiger partial charge in [0, 0.05) is 13.0 Å². The van der Waals surface area contributed by atoms with Crippen molar-refractivity contribution in [3.8, 4) is 5.75 Å². The number of hydrogen-bond acceptors (Lipinski definition) is 3. The molecular formula is C20H22N2O3. The molecule has 2 aromatic carbocycles. The maximum Gasteiger partial charge on any atom is 0.231 e. The Balaban J connectivity index is 1.43. The fourth-order valence-electron chi connectivity index (χ4n) is 2.81. The molecule has 0 unspecified atom stereocenters. The number of anilines is 1. The van der Waals surface area contributed by atoms with E-state index in [-0.39, 0.29) is 24.8 Å². The van der Waals surface area contributed by atoms with Crippen molar-refractivity contribution in [3.63, 3.8) is 0 Å². The fraction of sp³-hybridized carbons (Fsp3) is 0.300. The van der Waals surface area contributed by atoms with Gasteiger partial charge in [0.05, 0.1) is 11.6 Å². The molecule has 1 atom stereocenters. The van der Waals surface area contributed by atoms with Gasteiger partial charge in [0.1, 0.15) is 12.4 Å². The van der Waals surface area contributed by atoms with Gasteiger partial charge < -0.3 is 15.4 Å². The summed E-state index contributed by atoms with van der Waals surface area (Å²) in [6.07, 6.45) is 1.92. The lowest BCUT2D eigenvalue weighted by Crippen LogP contribution is -2.33. The van der Waals surface area contributed by atoms with Crippen LogP contribution in [0.3, 0.4) is 0 Å². The van der Waals surface area contributed by atoms with E-state index in [4.69, 9.17) is 4.74 Å². The summed E-state index contributed by atoms with van der Waals surface area (Å²) in [7, 11) is 0. The third-order valence-corrected chi connectivity index (χ3v) is 4.19. The van der Waals surface area contributed by atoms with E-state index in [0.29, 0.717) is 18.0 Å². The average Bonchev–Trinajstić information content (AvgIpc) is 2.79. The molecule has 0 aromatic heterocycles. The molecule has 25 heavy (non-hydrogen) atoms. The third-order valence-electron chi connectivity index (χ3n) is 4.19. The molecule has 130 valence electrons. The van der Waals surface area contributed by atoms with Gasteiger partial charge in [-0.05, 0) is 30.5 Å². The van der Waals surface area contributed by atoms with Gasteiger partial charge in [-0.1, -0.05) is 42.5 Å². The summed E-state index contributed by atoms with van der Waals surface area (Å²) in [5.74, 6) is -0.143. The summed E-state index contributed by atoms with van der Waals surface area (Å²) in [6.45, 7) is 0.809. The first-order chi connectivity index (χ1) is 12.2. The number of fused-ring (bicyclic) bond motifs is 1. The summed E-state index contributed by atoms with van der Waals surface area (Å²) < 4.78 is 5.65. The Morgan fingerprint density at radius 2 is 1.88 bits per heavy atom. The number of amides is 2. The highest BCUT2D eigenvalue weighted by atomic mass is 16.5. The number of rotatable bonds is 6. The second-order valence-electron chi connectivity index (χ2n) is 6.14. The van der Waals surface area contributed by atoms with Crippen LogP contribution in [0.5, 0.6) is 5.75 Å². The van der Waals surface area contributed by atoms with Crippen LogP contribution in [0.1, 0.15) is 18.4 Å². The molecule has 0 fully saturated rings. The molecule has 0 saturated carbocycles. The molecule has 1 heterocycles. The molecular weight excluding hydrogens is 316 g/mol. The molecule has 2 amide bonds. The minimum absolute atomic E-state index is 0.122. The van der Waals surface area contributed by atoms with E-state index in [9.17, 15) is 9.59 Å². The van der Waals surface area contributed by atoms with Crippen LogP contribution in [0.2, 0.25) is 0 Å². The highest BCUT2D eigenvalue weighted by Crippen LogP contribution is 2.28. The van der Waals surface area contributed by atoms with E-state index >= 15 is 0 Å². The van der Waals surface area contributed by atoms with Crippen molar-refractivity contribution in [2.24, 2.45) is 5.92 Å². The van der Waals surface area contributed by atoms with Crippen LogP contribution in [0.25, 0.3) is 0 Å². The zero-order valence-corrected chi connectivity index (χ0v) is 14.0. The Morgan fingerprint density at radius 1 is 1.12 bits per heavy atom. The fourth-order valence-corrected chi connectivity index (χ4v) is 2.81. The topological polar surface area (TPSA) is 67.4 Å². The van der Waals surface area contributed by atoms with Crippen LogP contribution >= 0.6 is 0 Å². The van der Waals surface area contributed by atoms with Crippen LogP contribution in [-0.2, 0) is 16.0 Å². The lowest BCUT2D eigenvalue weighted by atomic mass is 10.1. The Hall–Kier alpha value is -2.82. The lowest BCUT2D eigenvalue weighted by Gasteiger charge is -2.12. The molecule has 1 aliphatic rings. The van der Waals surface area contributed by atoms with Crippen molar-refractivity contribution in [1.29, 1.82) is 0 Å². The molecule has 0 radical (unpaired) electrons. The number of carbonyl (C=O) groups is 2. The normalized spacial score (nSPS) is 16.2. The van der Waals surface area contributed by atoms with Crippen molar-refractivity contribution < 1.29 is 14.3 Å². The molecule has 0 saturated heterocycles. The molecule has 1 aliphatic heterocycles. The first-order valence-corrected chi connectivity index (χ1v) is 8.55. The predicted molar refractivity (Wildman–Crippen MR) is 96.4 cm³/mol. The van der Waals surface area contributed by atoms with Gasteiger partial charge in [0.15, 0.2) is 0 Å². The third kappa shape index (κ3) is 4.83. The van der Waals surface area contributed by atoms with Crippen LogP contribution in [-0.4, -0.2) is 25.0 Å². The molecule has 3 rings (SSSR count). The van der Waals surface area contributed by atoms with Crippen molar-refractivity contribution in [2.45, 2.75) is 19.3 Å². The van der Waals surface area contributed by atoms with Gasteiger partial charge in [0.2, 0.25) is 11.8 Å². The smallest absolute Gasteiger partial charge is 0.231 e. The van der Waals surface area contributed by atoms with Gasteiger partial charge in [-0.15, -0.1) is 0 Å². The van der Waals surface area contributed by atoms with Crippen LogP contribution in [0, 0.1) is 5.92 Å². The summed E-state index contributed by atoms with van der Waals surface area (Å²) >= 11 is 0. The number of aryl methyl sites for hydroxylation is 1. The summed E-state index contributed by atoms with van der Waals surface area (Å²) in [5.41, 5.74) is 1.91. The number of hydrogen-bond donors (Lipinski definition) is 2. The second-order valence-corrected chi connectivity index (χ2v) is 6.14. The van der Waals surface area contributed by atoms with E-state index in [1.54, 1.807) is 6.07 Å². The largest absolute Gasteiger partial charge is 0.491 e. The highest BCUT2D eigenvalue weighted by Gasteiger charge is 2.26. The molecule has 2 aromatic rings. The second kappa shape index (κ2) is 8.33. The van der Waals surface area contributed by atoms with E-state index in [1.807, 2.05) is 36.4 Å². The van der Waals surface area contributed by atoms with Crippen molar-refractivity contribution in [1.82, 2.24) is 5.32 Å². The predicted octanol–water partition coefficient (Wildman–Crippen LogP) is 2.77. The van der Waals surface area contributed by atoms with Crippen LogP contribution in [0.4, 0.5) is 5.69 Å². The van der Waals surface area contributed by atoms with Gasteiger partial charge in [-0.3, -0.25) is 9.59 Å². The maximum atomic E-state index is 12.3. The Labute approximate surface area is 147 Å². The molecule has 0 spiro atoms. The highest BCUT2D eigenvalue weighted by molar-refractivity contribution is 5.97. The van der Waals surface area contributed by atoms with E-state index in [0.717, 1.165) is 12.8 Å². The zero-order chi connectivity index (χ0) is 17.5. The first kappa shape index (κ1) is 17.0. The van der Waals surface area contributed by atoms with E-state index in [1.165, 1.54) is 5.56 Å². The van der Waals surface area contributed by atoms with Crippen molar-refractivity contribution in [3.05, 3.63) is 60.2 Å². The SMILES string of the molecule is O=C(C[C@H]1COc2ccccc2NC1=O)NCCCc1ccccc1. The van der Waals surface area contributed by atoms with Gasteiger partial charge in [-0.25, -0.2) is 0 Å². The van der Waals surface area contributed by atoms with Gasteiger partial charge in [-0.2, -0.15) is 0 Å². The monoisotopic (exact) mass is 338 g/mol.